The standard InChI is InChI=1S/C22H29N5O/c28-22(26-13-9-18-4-1-2-5-19(18)15-26)14-17-7-11-25(12-8-17)16-21-24-23-20-6-3-10-27(20)21/h1-2,4-5,17H,3,6-16H2. The van der Waals surface area contributed by atoms with E-state index < -0.39 is 0 Å². The number of benzene rings is 1. The number of piperidine rings is 1. The lowest BCUT2D eigenvalue weighted by Crippen LogP contribution is -2.39. The molecule has 6 heteroatoms. The highest BCUT2D eigenvalue weighted by atomic mass is 16.2. The first-order valence-corrected chi connectivity index (χ1v) is 10.7. The molecule has 0 spiro atoms. The van der Waals surface area contributed by atoms with E-state index in [1.807, 2.05) is 0 Å². The molecule has 0 aliphatic carbocycles. The lowest BCUT2D eigenvalue weighted by Gasteiger charge is -2.34. The zero-order chi connectivity index (χ0) is 18.9. The van der Waals surface area contributed by atoms with Gasteiger partial charge in [-0.15, -0.1) is 10.2 Å². The molecule has 1 saturated heterocycles. The Morgan fingerprint density at radius 3 is 2.68 bits per heavy atom. The maximum absolute atomic E-state index is 12.8. The van der Waals surface area contributed by atoms with E-state index in [1.165, 1.54) is 17.5 Å². The van der Waals surface area contributed by atoms with E-state index in [0.29, 0.717) is 18.2 Å². The molecule has 1 aromatic heterocycles. The fourth-order valence-corrected chi connectivity index (χ4v) is 4.96. The van der Waals surface area contributed by atoms with Gasteiger partial charge in [0.15, 0.2) is 0 Å². The maximum atomic E-state index is 12.8. The molecular formula is C22H29N5O. The summed E-state index contributed by atoms with van der Waals surface area (Å²) in [5.41, 5.74) is 2.72. The number of aromatic nitrogens is 3. The number of hydrogen-bond acceptors (Lipinski definition) is 4. The van der Waals surface area contributed by atoms with Crippen LogP contribution in [-0.2, 0) is 37.3 Å². The van der Waals surface area contributed by atoms with Crippen molar-refractivity contribution in [3.05, 3.63) is 47.0 Å². The van der Waals surface area contributed by atoms with Crippen LogP contribution in [-0.4, -0.2) is 50.1 Å². The first kappa shape index (κ1) is 17.9. The molecule has 1 fully saturated rings. The Hall–Kier alpha value is -2.21. The van der Waals surface area contributed by atoms with Crippen molar-refractivity contribution >= 4 is 5.91 Å². The van der Waals surface area contributed by atoms with Crippen molar-refractivity contribution in [3.63, 3.8) is 0 Å². The Morgan fingerprint density at radius 2 is 1.82 bits per heavy atom. The summed E-state index contributed by atoms with van der Waals surface area (Å²) in [6.07, 6.45) is 6.18. The molecule has 4 heterocycles. The van der Waals surface area contributed by atoms with E-state index in [0.717, 1.165) is 76.6 Å². The number of aryl methyl sites for hydroxylation is 1. The predicted molar refractivity (Wildman–Crippen MR) is 107 cm³/mol. The molecule has 148 valence electrons. The van der Waals surface area contributed by atoms with Crippen LogP contribution < -0.4 is 0 Å². The molecular weight excluding hydrogens is 350 g/mol. The van der Waals surface area contributed by atoms with Crippen LogP contribution in [0.25, 0.3) is 0 Å². The van der Waals surface area contributed by atoms with Crippen molar-refractivity contribution in [2.45, 2.75) is 58.2 Å². The molecule has 0 radical (unpaired) electrons. The minimum absolute atomic E-state index is 0.336. The molecule has 6 nitrogen and oxygen atoms in total. The number of carbonyl (C=O) groups excluding carboxylic acids is 1. The van der Waals surface area contributed by atoms with Gasteiger partial charge in [-0.1, -0.05) is 24.3 Å². The minimum Gasteiger partial charge on any atom is -0.338 e. The van der Waals surface area contributed by atoms with Crippen molar-refractivity contribution < 1.29 is 4.79 Å². The summed E-state index contributed by atoms with van der Waals surface area (Å²) in [4.78, 5) is 17.4. The highest BCUT2D eigenvalue weighted by Crippen LogP contribution is 2.25. The quantitative estimate of drug-likeness (QED) is 0.819. The predicted octanol–water partition coefficient (Wildman–Crippen LogP) is 2.41. The Kier molecular flexibility index (Phi) is 4.89. The second-order valence-corrected chi connectivity index (χ2v) is 8.55. The highest BCUT2D eigenvalue weighted by Gasteiger charge is 2.27. The summed E-state index contributed by atoms with van der Waals surface area (Å²) in [5.74, 6) is 3.13. The lowest BCUT2D eigenvalue weighted by atomic mass is 9.92. The largest absolute Gasteiger partial charge is 0.338 e. The molecule has 1 aromatic carbocycles. The molecule has 0 atom stereocenters. The zero-order valence-electron chi connectivity index (χ0n) is 16.5. The highest BCUT2D eigenvalue weighted by molar-refractivity contribution is 5.76. The number of rotatable bonds is 4. The van der Waals surface area contributed by atoms with Crippen molar-refractivity contribution in [1.29, 1.82) is 0 Å². The van der Waals surface area contributed by atoms with Gasteiger partial charge in [-0.05, 0) is 55.8 Å². The lowest BCUT2D eigenvalue weighted by molar-refractivity contribution is -0.133. The molecule has 0 bridgehead atoms. The SMILES string of the molecule is O=C(CC1CCN(Cc2nnc3n2CCC3)CC1)N1CCc2ccccc2C1. The second-order valence-electron chi connectivity index (χ2n) is 8.55. The van der Waals surface area contributed by atoms with E-state index in [9.17, 15) is 4.79 Å². The Labute approximate surface area is 166 Å². The van der Waals surface area contributed by atoms with Crippen LogP contribution in [0.3, 0.4) is 0 Å². The van der Waals surface area contributed by atoms with Gasteiger partial charge >= 0.3 is 0 Å². The number of nitrogens with zero attached hydrogens (tertiary/aromatic N) is 5. The van der Waals surface area contributed by atoms with Crippen molar-refractivity contribution in [1.82, 2.24) is 24.6 Å². The number of fused-ring (bicyclic) bond motifs is 2. The summed E-state index contributed by atoms with van der Waals surface area (Å²) in [5, 5.41) is 8.71. The van der Waals surface area contributed by atoms with Crippen LogP contribution in [0.4, 0.5) is 0 Å². The van der Waals surface area contributed by atoms with Gasteiger partial charge in [-0.25, -0.2) is 0 Å². The molecule has 0 unspecified atom stereocenters. The Balaban J connectivity index is 1.11. The molecule has 0 N–H and O–H groups in total. The number of hydrogen-bond donors (Lipinski definition) is 0. The van der Waals surface area contributed by atoms with Crippen LogP contribution in [0.1, 0.15) is 48.5 Å². The molecule has 3 aliphatic heterocycles. The van der Waals surface area contributed by atoms with E-state index in [1.54, 1.807) is 0 Å². The third-order valence-corrected chi connectivity index (χ3v) is 6.70. The van der Waals surface area contributed by atoms with Gasteiger partial charge in [-0.3, -0.25) is 9.69 Å². The van der Waals surface area contributed by atoms with Gasteiger partial charge in [0.05, 0.1) is 6.54 Å². The summed E-state index contributed by atoms with van der Waals surface area (Å²) in [6.45, 7) is 5.74. The Morgan fingerprint density at radius 1 is 1.00 bits per heavy atom. The summed E-state index contributed by atoms with van der Waals surface area (Å²) < 4.78 is 2.30. The molecule has 2 aromatic rings. The average Bonchev–Trinajstić information content (AvgIpc) is 3.34. The summed E-state index contributed by atoms with van der Waals surface area (Å²) >= 11 is 0. The first-order valence-electron chi connectivity index (χ1n) is 10.7. The normalized spacial score (nSPS) is 20.2. The Bertz CT molecular complexity index is 852. The van der Waals surface area contributed by atoms with Crippen LogP contribution in [0.5, 0.6) is 0 Å². The van der Waals surface area contributed by atoms with Gasteiger partial charge in [0, 0.05) is 32.5 Å². The zero-order valence-corrected chi connectivity index (χ0v) is 16.5. The number of likely N-dealkylation sites (tertiary alicyclic amines) is 1. The molecule has 0 saturated carbocycles. The second kappa shape index (κ2) is 7.66. The summed E-state index contributed by atoms with van der Waals surface area (Å²) in [7, 11) is 0. The smallest absolute Gasteiger partial charge is 0.223 e. The molecule has 28 heavy (non-hydrogen) atoms. The van der Waals surface area contributed by atoms with Crippen molar-refractivity contribution in [2.24, 2.45) is 5.92 Å². The fraction of sp³-hybridized carbons (Fsp3) is 0.591. The average molecular weight is 380 g/mol. The van der Waals surface area contributed by atoms with E-state index >= 15 is 0 Å². The van der Waals surface area contributed by atoms with Gasteiger partial charge in [0.25, 0.3) is 0 Å². The van der Waals surface area contributed by atoms with Gasteiger partial charge in [0.2, 0.25) is 5.91 Å². The van der Waals surface area contributed by atoms with Crippen molar-refractivity contribution in [3.8, 4) is 0 Å². The fourth-order valence-electron chi connectivity index (χ4n) is 4.96. The summed E-state index contributed by atoms with van der Waals surface area (Å²) in [6, 6.07) is 8.53. The maximum Gasteiger partial charge on any atom is 0.223 e. The minimum atomic E-state index is 0.336. The van der Waals surface area contributed by atoms with E-state index in [-0.39, 0.29) is 0 Å². The molecule has 3 aliphatic rings. The van der Waals surface area contributed by atoms with Crippen LogP contribution in [0, 0.1) is 5.92 Å². The van der Waals surface area contributed by atoms with Gasteiger partial charge < -0.3 is 9.47 Å². The van der Waals surface area contributed by atoms with E-state index in [2.05, 4.69) is 48.8 Å². The molecule has 1 amide bonds. The van der Waals surface area contributed by atoms with Crippen LogP contribution in [0.15, 0.2) is 24.3 Å². The molecule has 5 rings (SSSR count). The third-order valence-electron chi connectivity index (χ3n) is 6.70. The first-order chi connectivity index (χ1) is 13.8. The van der Waals surface area contributed by atoms with Gasteiger partial charge in [-0.2, -0.15) is 0 Å². The van der Waals surface area contributed by atoms with Crippen molar-refractivity contribution in [2.75, 3.05) is 19.6 Å². The number of carbonyl (C=O) groups is 1. The monoisotopic (exact) mass is 379 g/mol. The van der Waals surface area contributed by atoms with E-state index in [4.69, 9.17) is 0 Å². The van der Waals surface area contributed by atoms with Crippen LogP contribution >= 0.6 is 0 Å². The van der Waals surface area contributed by atoms with Crippen LogP contribution in [0.2, 0.25) is 0 Å². The van der Waals surface area contributed by atoms with Gasteiger partial charge in [0.1, 0.15) is 11.6 Å². The number of amides is 1. The topological polar surface area (TPSA) is 54.3 Å². The third kappa shape index (κ3) is 3.58.